The highest BCUT2D eigenvalue weighted by Crippen LogP contribution is 2.32. The normalized spacial score (nSPS) is 12.3. The molecule has 0 unspecified atom stereocenters. The largest absolute Gasteiger partial charge is 0.416 e. The van der Waals surface area contributed by atoms with E-state index in [1.54, 1.807) is 6.08 Å². The molecule has 88 valence electrons. The number of hydrogen-bond acceptors (Lipinski definition) is 1. The van der Waals surface area contributed by atoms with Crippen molar-refractivity contribution in [3.05, 3.63) is 41.0 Å². The molecule has 1 aromatic rings. The molecule has 4 heteroatoms. The van der Waals surface area contributed by atoms with Gasteiger partial charge in [-0.05, 0) is 37.1 Å². The van der Waals surface area contributed by atoms with E-state index in [0.717, 1.165) is 18.1 Å². The predicted molar refractivity (Wildman–Crippen MR) is 58.9 cm³/mol. The first-order valence-corrected chi connectivity index (χ1v) is 4.99. The van der Waals surface area contributed by atoms with E-state index >= 15 is 0 Å². The minimum atomic E-state index is -4.27. The van der Waals surface area contributed by atoms with Crippen molar-refractivity contribution in [3.8, 4) is 0 Å². The third-order valence-electron chi connectivity index (χ3n) is 2.20. The number of benzene rings is 1. The number of nitrogens with two attached hydrogens (primary N) is 1. The third kappa shape index (κ3) is 3.38. The van der Waals surface area contributed by atoms with Crippen molar-refractivity contribution in [2.24, 2.45) is 5.73 Å². The number of halogens is 3. The van der Waals surface area contributed by atoms with Gasteiger partial charge in [0.1, 0.15) is 0 Å². The summed E-state index contributed by atoms with van der Waals surface area (Å²) in [5.41, 5.74) is 5.72. The van der Waals surface area contributed by atoms with Crippen LogP contribution in [-0.4, -0.2) is 6.54 Å². The summed E-state index contributed by atoms with van der Waals surface area (Å²) in [6.07, 6.45) is 0.0751. The summed E-state index contributed by atoms with van der Waals surface area (Å²) >= 11 is 0. The van der Waals surface area contributed by atoms with Crippen molar-refractivity contribution >= 4 is 6.08 Å². The zero-order valence-electron chi connectivity index (χ0n) is 9.01. The lowest BCUT2D eigenvalue weighted by atomic mass is 10.0. The van der Waals surface area contributed by atoms with E-state index in [1.165, 1.54) is 19.1 Å². The fourth-order valence-corrected chi connectivity index (χ4v) is 1.42. The van der Waals surface area contributed by atoms with Crippen LogP contribution < -0.4 is 5.73 Å². The van der Waals surface area contributed by atoms with Gasteiger partial charge in [0.15, 0.2) is 0 Å². The highest BCUT2D eigenvalue weighted by Gasteiger charge is 2.31. The molecule has 0 heterocycles. The van der Waals surface area contributed by atoms with Gasteiger partial charge in [0.05, 0.1) is 5.56 Å². The standard InChI is InChI=1S/C12H14F3N/c1-9-8-10(4-2-3-7-16)5-6-11(9)12(13,14)15/h2,4-6,8H,3,7,16H2,1H3. The van der Waals surface area contributed by atoms with Crippen molar-refractivity contribution < 1.29 is 13.2 Å². The van der Waals surface area contributed by atoms with E-state index in [0.29, 0.717) is 6.54 Å². The van der Waals surface area contributed by atoms with Gasteiger partial charge in [0.25, 0.3) is 0 Å². The molecule has 0 atom stereocenters. The van der Waals surface area contributed by atoms with Gasteiger partial charge in [-0.1, -0.05) is 24.3 Å². The van der Waals surface area contributed by atoms with Gasteiger partial charge < -0.3 is 5.73 Å². The van der Waals surface area contributed by atoms with E-state index in [9.17, 15) is 13.2 Å². The maximum absolute atomic E-state index is 12.5. The van der Waals surface area contributed by atoms with Crippen LogP contribution in [0, 0.1) is 6.92 Å². The average molecular weight is 229 g/mol. The van der Waals surface area contributed by atoms with Crippen molar-refractivity contribution in [2.45, 2.75) is 19.5 Å². The van der Waals surface area contributed by atoms with Crippen LogP contribution in [0.5, 0.6) is 0 Å². The molecule has 16 heavy (non-hydrogen) atoms. The summed E-state index contributed by atoms with van der Waals surface area (Å²) in [6, 6.07) is 4.09. The predicted octanol–water partition coefficient (Wildman–Crippen LogP) is 3.38. The molecule has 0 aliphatic carbocycles. The molecule has 1 rings (SSSR count). The fraction of sp³-hybridized carbons (Fsp3) is 0.333. The van der Waals surface area contributed by atoms with Gasteiger partial charge in [0, 0.05) is 0 Å². The maximum atomic E-state index is 12.5. The van der Waals surface area contributed by atoms with Gasteiger partial charge in [-0.15, -0.1) is 0 Å². The number of alkyl halides is 3. The fourth-order valence-electron chi connectivity index (χ4n) is 1.42. The van der Waals surface area contributed by atoms with Gasteiger partial charge in [-0.3, -0.25) is 0 Å². The van der Waals surface area contributed by atoms with E-state index in [2.05, 4.69) is 0 Å². The van der Waals surface area contributed by atoms with Crippen LogP contribution in [0.1, 0.15) is 23.1 Å². The Morgan fingerprint density at radius 1 is 1.31 bits per heavy atom. The van der Waals surface area contributed by atoms with Crippen molar-refractivity contribution in [1.29, 1.82) is 0 Å². The molecule has 1 aromatic carbocycles. The Kier molecular flexibility index (Phi) is 4.12. The summed E-state index contributed by atoms with van der Waals surface area (Å²) in [5.74, 6) is 0. The first-order valence-electron chi connectivity index (χ1n) is 4.99. The highest BCUT2D eigenvalue weighted by atomic mass is 19.4. The molecule has 1 nitrogen and oxygen atoms in total. The maximum Gasteiger partial charge on any atom is 0.416 e. The molecular weight excluding hydrogens is 215 g/mol. The summed E-state index contributed by atoms with van der Waals surface area (Å²) in [5, 5.41) is 0. The first-order chi connectivity index (χ1) is 7.45. The van der Waals surface area contributed by atoms with Crippen LogP contribution in [0.4, 0.5) is 13.2 Å². The molecule has 0 radical (unpaired) electrons. The second kappa shape index (κ2) is 5.16. The average Bonchev–Trinajstić information content (AvgIpc) is 2.16. The zero-order valence-corrected chi connectivity index (χ0v) is 9.01. The minimum Gasteiger partial charge on any atom is -0.330 e. The van der Waals surface area contributed by atoms with Crippen LogP contribution in [0.25, 0.3) is 6.08 Å². The quantitative estimate of drug-likeness (QED) is 0.844. The second-order valence-corrected chi connectivity index (χ2v) is 3.55. The summed E-state index contributed by atoms with van der Waals surface area (Å²) in [6.45, 7) is 2.00. The third-order valence-corrected chi connectivity index (χ3v) is 2.20. The van der Waals surface area contributed by atoms with E-state index < -0.39 is 11.7 Å². The lowest BCUT2D eigenvalue weighted by molar-refractivity contribution is -0.138. The van der Waals surface area contributed by atoms with Crippen LogP contribution in [0.3, 0.4) is 0 Å². The molecule has 0 fully saturated rings. The molecule has 2 N–H and O–H groups in total. The molecular formula is C12H14F3N. The Bertz CT molecular complexity index is 380. The highest BCUT2D eigenvalue weighted by molar-refractivity contribution is 5.52. The minimum absolute atomic E-state index is 0.238. The summed E-state index contributed by atoms with van der Waals surface area (Å²) in [4.78, 5) is 0. The molecule has 0 aliphatic heterocycles. The van der Waals surface area contributed by atoms with Crippen molar-refractivity contribution in [3.63, 3.8) is 0 Å². The smallest absolute Gasteiger partial charge is 0.330 e. The topological polar surface area (TPSA) is 26.0 Å². The van der Waals surface area contributed by atoms with Gasteiger partial charge in [0.2, 0.25) is 0 Å². The number of rotatable bonds is 3. The number of aryl methyl sites for hydroxylation is 1. The van der Waals surface area contributed by atoms with Crippen LogP contribution >= 0.6 is 0 Å². The molecule has 0 bridgehead atoms. The van der Waals surface area contributed by atoms with Crippen molar-refractivity contribution in [1.82, 2.24) is 0 Å². The van der Waals surface area contributed by atoms with Gasteiger partial charge in [-0.25, -0.2) is 0 Å². The Labute approximate surface area is 92.8 Å². The molecule has 0 saturated heterocycles. The Morgan fingerprint density at radius 3 is 2.50 bits per heavy atom. The Balaban J connectivity index is 2.91. The van der Waals surface area contributed by atoms with E-state index in [4.69, 9.17) is 5.73 Å². The van der Waals surface area contributed by atoms with Crippen molar-refractivity contribution in [2.75, 3.05) is 6.54 Å². The summed E-state index contributed by atoms with van der Waals surface area (Å²) in [7, 11) is 0. The van der Waals surface area contributed by atoms with Gasteiger partial charge in [-0.2, -0.15) is 13.2 Å². The summed E-state index contributed by atoms with van der Waals surface area (Å²) < 4.78 is 37.4. The Hall–Kier alpha value is -1.29. The van der Waals surface area contributed by atoms with Crippen LogP contribution in [-0.2, 0) is 6.18 Å². The molecule has 0 aliphatic rings. The first kappa shape index (κ1) is 12.8. The molecule has 0 saturated carbocycles. The van der Waals surface area contributed by atoms with Crippen LogP contribution in [0.15, 0.2) is 24.3 Å². The lowest BCUT2D eigenvalue weighted by Crippen LogP contribution is -2.07. The Morgan fingerprint density at radius 2 is 2.00 bits per heavy atom. The molecule has 0 amide bonds. The monoisotopic (exact) mass is 229 g/mol. The zero-order chi connectivity index (χ0) is 12.2. The number of hydrogen-bond donors (Lipinski definition) is 1. The van der Waals surface area contributed by atoms with Crippen LogP contribution in [0.2, 0.25) is 0 Å². The molecule has 0 spiro atoms. The second-order valence-electron chi connectivity index (χ2n) is 3.55. The van der Waals surface area contributed by atoms with E-state index in [1.807, 2.05) is 6.08 Å². The molecule has 0 aromatic heterocycles. The lowest BCUT2D eigenvalue weighted by Gasteiger charge is -2.10. The SMILES string of the molecule is Cc1cc(C=CCCN)ccc1C(F)(F)F. The van der Waals surface area contributed by atoms with E-state index in [-0.39, 0.29) is 5.56 Å². The van der Waals surface area contributed by atoms with Gasteiger partial charge >= 0.3 is 6.18 Å².